The number of amides is 2. The number of hydrogen-bond donors (Lipinski definition) is 1. The summed E-state index contributed by atoms with van der Waals surface area (Å²) in [5.41, 5.74) is 2.94. The van der Waals surface area contributed by atoms with Crippen LogP contribution in [0.5, 0.6) is 5.75 Å². The van der Waals surface area contributed by atoms with E-state index in [2.05, 4.69) is 5.32 Å². The van der Waals surface area contributed by atoms with Gasteiger partial charge in [0.2, 0.25) is 21.8 Å². The van der Waals surface area contributed by atoms with Crippen molar-refractivity contribution in [3.8, 4) is 5.75 Å². The topological polar surface area (TPSA) is 96.0 Å². The number of aryl methyl sites for hydroxylation is 1. The molecule has 0 heterocycles. The Kier molecular flexibility index (Phi) is 9.77. The third-order valence-electron chi connectivity index (χ3n) is 6.09. The van der Waals surface area contributed by atoms with Crippen LogP contribution < -0.4 is 14.4 Å². The van der Waals surface area contributed by atoms with E-state index in [4.69, 9.17) is 16.3 Å². The molecule has 0 saturated carbocycles. The minimum Gasteiger partial charge on any atom is -0.495 e. The van der Waals surface area contributed by atoms with Gasteiger partial charge in [0.25, 0.3) is 0 Å². The highest BCUT2D eigenvalue weighted by molar-refractivity contribution is 7.92. The number of methoxy groups -OCH3 is 1. The van der Waals surface area contributed by atoms with Gasteiger partial charge in [-0.15, -0.1) is 0 Å². The third kappa shape index (κ3) is 7.49. The molecule has 1 N–H and O–H groups in total. The van der Waals surface area contributed by atoms with E-state index in [1.54, 1.807) is 0 Å². The van der Waals surface area contributed by atoms with Crippen molar-refractivity contribution >= 4 is 39.1 Å². The number of halogens is 1. The molecule has 3 aromatic rings. The van der Waals surface area contributed by atoms with E-state index in [1.165, 1.54) is 37.3 Å². The highest BCUT2D eigenvalue weighted by atomic mass is 35.5. The van der Waals surface area contributed by atoms with Crippen molar-refractivity contribution in [2.24, 2.45) is 0 Å². The molecule has 0 fully saturated rings. The normalized spacial score (nSPS) is 11.9. The number of rotatable bonds is 11. The van der Waals surface area contributed by atoms with Crippen molar-refractivity contribution in [1.29, 1.82) is 0 Å². The Morgan fingerprint density at radius 2 is 1.66 bits per heavy atom. The van der Waals surface area contributed by atoms with E-state index >= 15 is 0 Å². The molecular weight excluding hydrogens is 526 g/mol. The average molecular weight is 558 g/mol. The summed E-state index contributed by atoms with van der Waals surface area (Å²) in [5.74, 6) is -0.515. The average Bonchev–Trinajstić information content (AvgIpc) is 2.89. The molecule has 0 radical (unpaired) electrons. The predicted molar refractivity (Wildman–Crippen MR) is 150 cm³/mol. The monoisotopic (exact) mass is 557 g/mol. The minimum atomic E-state index is -3.89. The Hall–Kier alpha value is -3.56. The first-order valence-corrected chi connectivity index (χ1v) is 14.2. The number of benzene rings is 3. The lowest BCUT2D eigenvalue weighted by atomic mass is 10.0. The first-order chi connectivity index (χ1) is 18.0. The zero-order valence-corrected chi connectivity index (χ0v) is 23.4. The molecule has 0 aromatic heterocycles. The van der Waals surface area contributed by atoms with Crippen LogP contribution >= 0.6 is 11.6 Å². The number of ether oxygens (including phenoxy) is 1. The molecule has 0 unspecified atom stereocenters. The van der Waals surface area contributed by atoms with Crippen LogP contribution in [0.25, 0.3) is 0 Å². The van der Waals surface area contributed by atoms with Crippen molar-refractivity contribution < 1.29 is 22.7 Å². The number of likely N-dealkylation sites (N-methyl/N-ethyl adjacent to an activating group) is 1. The number of anilines is 1. The van der Waals surface area contributed by atoms with Gasteiger partial charge in [-0.05, 0) is 36.2 Å². The van der Waals surface area contributed by atoms with Gasteiger partial charge >= 0.3 is 0 Å². The van der Waals surface area contributed by atoms with Crippen LogP contribution in [0.1, 0.15) is 16.7 Å². The van der Waals surface area contributed by atoms with Crippen molar-refractivity contribution in [3.05, 3.63) is 94.5 Å². The molecule has 2 amide bonds. The maximum atomic E-state index is 13.9. The fourth-order valence-corrected chi connectivity index (χ4v) is 5.13. The lowest BCUT2D eigenvalue weighted by Crippen LogP contribution is -2.52. The van der Waals surface area contributed by atoms with Crippen LogP contribution in [0, 0.1) is 6.92 Å². The second kappa shape index (κ2) is 12.8. The highest BCUT2D eigenvalue weighted by Gasteiger charge is 2.32. The number of hydrogen-bond acceptors (Lipinski definition) is 5. The molecular formula is C28H32ClN3O5S. The fourth-order valence-electron chi connectivity index (χ4n) is 4.03. The molecule has 0 aliphatic carbocycles. The lowest BCUT2D eigenvalue weighted by Gasteiger charge is -2.33. The number of carbonyl (C=O) groups excluding carboxylic acids is 2. The molecule has 8 nitrogen and oxygen atoms in total. The quantitative estimate of drug-likeness (QED) is 0.387. The molecule has 0 aliphatic rings. The zero-order chi connectivity index (χ0) is 27.9. The Balaban J connectivity index is 2.03. The zero-order valence-electron chi connectivity index (χ0n) is 21.8. The third-order valence-corrected chi connectivity index (χ3v) is 7.53. The second-order valence-corrected chi connectivity index (χ2v) is 11.2. The first kappa shape index (κ1) is 29.0. The van der Waals surface area contributed by atoms with Gasteiger partial charge in [-0.25, -0.2) is 8.42 Å². The second-order valence-electron chi connectivity index (χ2n) is 8.92. The van der Waals surface area contributed by atoms with Gasteiger partial charge in [0.05, 0.1) is 24.1 Å². The van der Waals surface area contributed by atoms with E-state index in [9.17, 15) is 18.0 Å². The molecule has 0 aliphatic heterocycles. The highest BCUT2D eigenvalue weighted by Crippen LogP contribution is 2.30. The summed E-state index contributed by atoms with van der Waals surface area (Å²) in [7, 11) is -0.923. The molecule has 38 heavy (non-hydrogen) atoms. The summed E-state index contributed by atoms with van der Waals surface area (Å²) in [4.78, 5) is 28.4. The number of nitrogens with one attached hydrogen (secondary N) is 1. The molecule has 3 aromatic carbocycles. The summed E-state index contributed by atoms with van der Waals surface area (Å²) in [6.45, 7) is 1.56. The maximum Gasteiger partial charge on any atom is 0.244 e. The molecule has 0 spiro atoms. The van der Waals surface area contributed by atoms with Crippen LogP contribution in [0.15, 0.2) is 72.8 Å². The largest absolute Gasteiger partial charge is 0.495 e. The molecule has 0 bridgehead atoms. The van der Waals surface area contributed by atoms with Crippen molar-refractivity contribution in [2.75, 3.05) is 31.3 Å². The molecule has 202 valence electrons. The van der Waals surface area contributed by atoms with E-state index in [-0.39, 0.29) is 29.6 Å². The number of sulfonamides is 1. The lowest BCUT2D eigenvalue weighted by molar-refractivity contribution is -0.139. The van der Waals surface area contributed by atoms with E-state index < -0.39 is 28.5 Å². The Labute approximate surface area is 229 Å². The van der Waals surface area contributed by atoms with Gasteiger partial charge in [0.1, 0.15) is 18.3 Å². The first-order valence-electron chi connectivity index (χ1n) is 11.9. The predicted octanol–water partition coefficient (Wildman–Crippen LogP) is 3.81. The van der Waals surface area contributed by atoms with E-state index in [0.29, 0.717) is 5.75 Å². The molecule has 0 saturated heterocycles. The van der Waals surface area contributed by atoms with Gasteiger partial charge < -0.3 is 15.0 Å². The minimum absolute atomic E-state index is 0.116. The number of carbonyl (C=O) groups is 2. The van der Waals surface area contributed by atoms with Gasteiger partial charge in [0.15, 0.2) is 0 Å². The summed E-state index contributed by atoms with van der Waals surface area (Å²) in [6, 6.07) is 20.6. The Morgan fingerprint density at radius 3 is 2.21 bits per heavy atom. The van der Waals surface area contributed by atoms with Crippen LogP contribution in [-0.4, -0.2) is 58.1 Å². The summed E-state index contributed by atoms with van der Waals surface area (Å²) < 4.78 is 31.8. The fraction of sp³-hybridized carbons (Fsp3) is 0.286. The van der Waals surface area contributed by atoms with E-state index in [0.717, 1.165) is 27.3 Å². The SMILES string of the molecule is CNC(=O)[C@H](Cc1ccccc1)N(Cc1ccc(C)cc1)C(=O)CN(c1ccc(OC)c(Cl)c1)S(C)(=O)=O. The van der Waals surface area contributed by atoms with Gasteiger partial charge in [-0.2, -0.15) is 0 Å². The van der Waals surface area contributed by atoms with Crippen molar-refractivity contribution in [1.82, 2.24) is 10.2 Å². The Bertz CT molecular complexity index is 1360. The van der Waals surface area contributed by atoms with E-state index in [1.807, 2.05) is 61.5 Å². The number of nitrogens with zero attached hydrogens (tertiary/aromatic N) is 2. The van der Waals surface area contributed by atoms with Crippen molar-refractivity contribution in [2.45, 2.75) is 25.9 Å². The van der Waals surface area contributed by atoms with Crippen LogP contribution in [0.2, 0.25) is 5.02 Å². The maximum absolute atomic E-state index is 13.9. The van der Waals surface area contributed by atoms with Crippen molar-refractivity contribution in [3.63, 3.8) is 0 Å². The van der Waals surface area contributed by atoms with Crippen LogP contribution in [0.3, 0.4) is 0 Å². The van der Waals surface area contributed by atoms with Gasteiger partial charge in [-0.3, -0.25) is 13.9 Å². The molecule has 3 rings (SSSR count). The smallest absolute Gasteiger partial charge is 0.244 e. The van der Waals surface area contributed by atoms with Gasteiger partial charge in [-0.1, -0.05) is 71.8 Å². The summed E-state index contributed by atoms with van der Waals surface area (Å²) in [6.07, 6.45) is 1.27. The Morgan fingerprint density at radius 1 is 1.00 bits per heavy atom. The molecule has 1 atom stereocenters. The van der Waals surface area contributed by atoms with Crippen LogP contribution in [-0.2, 0) is 32.6 Å². The molecule has 10 heteroatoms. The van der Waals surface area contributed by atoms with Crippen LogP contribution in [0.4, 0.5) is 5.69 Å². The summed E-state index contributed by atoms with van der Waals surface area (Å²) in [5, 5.41) is 2.86. The standard InChI is InChI=1S/C28H32ClN3O5S/c1-20-10-12-22(13-11-20)18-31(25(28(34)30-2)16-21-8-6-5-7-9-21)27(33)19-32(38(4,35)36)23-14-15-26(37-3)24(29)17-23/h5-15,17,25H,16,18-19H2,1-4H3,(H,30,34)/t25-/m0/s1. The van der Waals surface area contributed by atoms with Gasteiger partial charge in [0, 0.05) is 20.0 Å². The summed E-state index contributed by atoms with van der Waals surface area (Å²) >= 11 is 6.25.